The maximum absolute atomic E-state index is 11.2. The summed E-state index contributed by atoms with van der Waals surface area (Å²) in [4.78, 5) is 22.4. The van der Waals surface area contributed by atoms with Gasteiger partial charge in [0.1, 0.15) is 22.6 Å². The monoisotopic (exact) mass is 414 g/mol. The van der Waals surface area contributed by atoms with Gasteiger partial charge >= 0.3 is 11.9 Å². The van der Waals surface area contributed by atoms with Crippen LogP contribution in [0.4, 0.5) is 0 Å². The molecule has 0 saturated heterocycles. The third-order valence-corrected chi connectivity index (χ3v) is 3.55. The highest BCUT2D eigenvalue weighted by Crippen LogP contribution is 2.31. The van der Waals surface area contributed by atoms with Crippen molar-refractivity contribution < 1.29 is 24.5 Å². The molecule has 7 heteroatoms. The van der Waals surface area contributed by atoms with E-state index in [4.69, 9.17) is 14.9 Å². The third kappa shape index (κ3) is 3.62. The second-order valence-corrected chi connectivity index (χ2v) is 5.82. The Labute approximate surface area is 136 Å². The minimum atomic E-state index is -1.17. The molecule has 0 heterocycles. The second-order valence-electron chi connectivity index (χ2n) is 3.99. The molecule has 0 amide bonds. The summed E-state index contributed by atoms with van der Waals surface area (Å²) < 4.78 is 6.64. The van der Waals surface area contributed by atoms with E-state index in [1.807, 2.05) is 0 Å². The summed E-state index contributed by atoms with van der Waals surface area (Å²) in [7, 11) is 0. The van der Waals surface area contributed by atoms with Crippen LogP contribution in [-0.4, -0.2) is 22.2 Å². The average Bonchev–Trinajstić information content (AvgIpc) is 2.42. The topological polar surface area (TPSA) is 83.8 Å². The second kappa shape index (κ2) is 6.28. The molecule has 108 valence electrons. The molecule has 0 atom stereocenters. The van der Waals surface area contributed by atoms with Gasteiger partial charge < -0.3 is 14.9 Å². The zero-order valence-electron chi connectivity index (χ0n) is 10.3. The molecule has 21 heavy (non-hydrogen) atoms. The first-order valence-corrected chi connectivity index (χ1v) is 7.20. The standard InChI is InChI=1S/C14H8Br2O5/c15-7-1-3-11(9(5-7)13(17)18)21-12-4-2-8(16)6-10(12)14(19)20/h1-6H,(H,17,18)(H,19,20). The molecule has 2 aromatic carbocycles. The Kier molecular flexibility index (Phi) is 4.64. The highest BCUT2D eigenvalue weighted by atomic mass is 79.9. The molecule has 0 unspecified atom stereocenters. The van der Waals surface area contributed by atoms with Gasteiger partial charge in [-0.05, 0) is 36.4 Å². The molecule has 0 aromatic heterocycles. The van der Waals surface area contributed by atoms with Crippen molar-refractivity contribution in [3.63, 3.8) is 0 Å². The molecular weight excluding hydrogens is 408 g/mol. The van der Waals surface area contributed by atoms with Crippen molar-refractivity contribution in [2.75, 3.05) is 0 Å². The van der Waals surface area contributed by atoms with Crippen molar-refractivity contribution in [3.05, 3.63) is 56.5 Å². The summed E-state index contributed by atoms with van der Waals surface area (Å²) in [5.41, 5.74) is -0.132. The Morgan fingerprint density at radius 1 is 0.810 bits per heavy atom. The Bertz CT molecular complexity index is 666. The van der Waals surface area contributed by atoms with Crippen molar-refractivity contribution in [1.29, 1.82) is 0 Å². The lowest BCUT2D eigenvalue weighted by Gasteiger charge is -2.11. The van der Waals surface area contributed by atoms with Crippen molar-refractivity contribution in [2.45, 2.75) is 0 Å². The van der Waals surface area contributed by atoms with Crippen LogP contribution in [0.3, 0.4) is 0 Å². The smallest absolute Gasteiger partial charge is 0.339 e. The largest absolute Gasteiger partial charge is 0.478 e. The Morgan fingerprint density at radius 3 is 1.52 bits per heavy atom. The summed E-state index contributed by atoms with van der Waals surface area (Å²) in [6.07, 6.45) is 0. The lowest BCUT2D eigenvalue weighted by Crippen LogP contribution is -2.03. The SMILES string of the molecule is O=C(O)c1cc(Br)ccc1Oc1ccc(Br)cc1C(=O)O. The third-order valence-electron chi connectivity index (χ3n) is 2.56. The molecule has 2 rings (SSSR count). The lowest BCUT2D eigenvalue weighted by atomic mass is 10.2. The average molecular weight is 416 g/mol. The number of carboxylic acids is 2. The maximum Gasteiger partial charge on any atom is 0.339 e. The number of rotatable bonds is 4. The summed E-state index contributed by atoms with van der Waals surface area (Å²) >= 11 is 6.36. The zero-order valence-corrected chi connectivity index (χ0v) is 13.5. The normalized spacial score (nSPS) is 10.2. The Morgan fingerprint density at radius 2 is 1.19 bits per heavy atom. The van der Waals surface area contributed by atoms with Gasteiger partial charge in [-0.25, -0.2) is 9.59 Å². The predicted octanol–water partition coefficient (Wildman–Crippen LogP) is 4.40. The van der Waals surface area contributed by atoms with Gasteiger partial charge in [-0.1, -0.05) is 31.9 Å². The van der Waals surface area contributed by atoms with E-state index in [9.17, 15) is 9.59 Å². The molecule has 0 aliphatic carbocycles. The quantitative estimate of drug-likeness (QED) is 0.773. The minimum Gasteiger partial charge on any atom is -0.478 e. The van der Waals surface area contributed by atoms with E-state index in [1.54, 1.807) is 12.1 Å². The van der Waals surface area contributed by atoms with Crippen molar-refractivity contribution >= 4 is 43.8 Å². The van der Waals surface area contributed by atoms with Gasteiger partial charge in [-0.2, -0.15) is 0 Å². The van der Waals surface area contributed by atoms with E-state index in [2.05, 4.69) is 31.9 Å². The van der Waals surface area contributed by atoms with E-state index in [0.717, 1.165) is 0 Å². The maximum atomic E-state index is 11.2. The first kappa shape index (κ1) is 15.5. The van der Waals surface area contributed by atoms with Crippen LogP contribution in [0, 0.1) is 0 Å². The summed E-state index contributed by atoms with van der Waals surface area (Å²) in [6, 6.07) is 8.92. The molecule has 0 saturated carbocycles. The molecule has 2 aromatic rings. The van der Waals surface area contributed by atoms with Gasteiger partial charge in [0.05, 0.1) is 0 Å². The Hall–Kier alpha value is -1.86. The molecule has 0 radical (unpaired) electrons. The summed E-state index contributed by atoms with van der Waals surface area (Å²) in [6.45, 7) is 0. The minimum absolute atomic E-state index is 0.0653. The van der Waals surface area contributed by atoms with E-state index in [1.165, 1.54) is 24.3 Å². The molecule has 5 nitrogen and oxygen atoms in total. The van der Waals surface area contributed by atoms with E-state index >= 15 is 0 Å². The number of ether oxygens (including phenoxy) is 1. The van der Waals surface area contributed by atoms with Crippen LogP contribution in [0.5, 0.6) is 11.5 Å². The predicted molar refractivity (Wildman–Crippen MR) is 82.3 cm³/mol. The fraction of sp³-hybridized carbons (Fsp3) is 0. The van der Waals surface area contributed by atoms with Crippen LogP contribution < -0.4 is 4.74 Å². The van der Waals surface area contributed by atoms with E-state index in [-0.39, 0.29) is 22.6 Å². The van der Waals surface area contributed by atoms with Gasteiger partial charge in [0.15, 0.2) is 0 Å². The number of carboxylic acid groups (broad SMARTS) is 2. The van der Waals surface area contributed by atoms with E-state index in [0.29, 0.717) is 8.95 Å². The zero-order chi connectivity index (χ0) is 15.6. The van der Waals surface area contributed by atoms with Crippen LogP contribution in [0.15, 0.2) is 45.3 Å². The first-order valence-electron chi connectivity index (χ1n) is 5.62. The molecule has 0 fully saturated rings. The van der Waals surface area contributed by atoms with Gasteiger partial charge in [0.25, 0.3) is 0 Å². The van der Waals surface area contributed by atoms with E-state index < -0.39 is 11.9 Å². The van der Waals surface area contributed by atoms with Gasteiger partial charge in [-0.3, -0.25) is 0 Å². The van der Waals surface area contributed by atoms with Gasteiger partial charge in [-0.15, -0.1) is 0 Å². The molecule has 0 aliphatic heterocycles. The van der Waals surface area contributed by atoms with Gasteiger partial charge in [0.2, 0.25) is 0 Å². The van der Waals surface area contributed by atoms with Crippen molar-refractivity contribution in [2.24, 2.45) is 0 Å². The summed E-state index contributed by atoms with van der Waals surface area (Å²) in [5.74, 6) is -2.20. The number of hydrogen-bond acceptors (Lipinski definition) is 3. The fourth-order valence-corrected chi connectivity index (χ4v) is 2.36. The number of hydrogen-bond donors (Lipinski definition) is 2. The number of benzene rings is 2. The molecular formula is C14H8Br2O5. The molecule has 2 N–H and O–H groups in total. The van der Waals surface area contributed by atoms with Crippen LogP contribution >= 0.6 is 31.9 Å². The van der Waals surface area contributed by atoms with Crippen LogP contribution in [0.2, 0.25) is 0 Å². The Balaban J connectivity index is 2.48. The number of halogens is 2. The fourth-order valence-electron chi connectivity index (χ4n) is 1.64. The van der Waals surface area contributed by atoms with Crippen LogP contribution in [0.25, 0.3) is 0 Å². The number of aromatic carboxylic acids is 2. The van der Waals surface area contributed by atoms with Crippen molar-refractivity contribution in [1.82, 2.24) is 0 Å². The van der Waals surface area contributed by atoms with Crippen molar-refractivity contribution in [3.8, 4) is 11.5 Å². The van der Waals surface area contributed by atoms with Gasteiger partial charge in [0, 0.05) is 8.95 Å². The first-order chi connectivity index (χ1) is 9.88. The van der Waals surface area contributed by atoms with Crippen LogP contribution in [-0.2, 0) is 0 Å². The highest BCUT2D eigenvalue weighted by Gasteiger charge is 2.17. The molecule has 0 bridgehead atoms. The summed E-state index contributed by atoms with van der Waals surface area (Å²) in [5, 5.41) is 18.3. The molecule has 0 aliphatic rings. The number of carbonyl (C=O) groups is 2. The lowest BCUT2D eigenvalue weighted by molar-refractivity contribution is 0.0687. The van der Waals surface area contributed by atoms with Crippen LogP contribution in [0.1, 0.15) is 20.7 Å². The molecule has 0 spiro atoms. The highest BCUT2D eigenvalue weighted by molar-refractivity contribution is 9.10.